The Balaban J connectivity index is 1.66. The van der Waals surface area contributed by atoms with Crippen molar-refractivity contribution < 1.29 is 13.3 Å². The van der Waals surface area contributed by atoms with E-state index in [1.165, 1.54) is 6.07 Å². The van der Waals surface area contributed by atoms with Crippen LogP contribution in [0.3, 0.4) is 0 Å². The quantitative estimate of drug-likeness (QED) is 0.340. The molecule has 0 aliphatic carbocycles. The third kappa shape index (κ3) is 4.08. The van der Waals surface area contributed by atoms with Gasteiger partial charge >= 0.3 is 5.76 Å². The van der Waals surface area contributed by atoms with Crippen LogP contribution in [-0.2, 0) is 0 Å². The number of aromatic amines is 1. The molecular formula is C27H23FN4O4. The molecule has 0 saturated carbocycles. The predicted molar refractivity (Wildman–Crippen MR) is 134 cm³/mol. The van der Waals surface area contributed by atoms with Gasteiger partial charge < -0.3 is 9.73 Å². The van der Waals surface area contributed by atoms with Gasteiger partial charge in [0.2, 0.25) is 0 Å². The zero-order valence-corrected chi connectivity index (χ0v) is 20.1. The number of rotatable bonds is 5. The topological polar surface area (TPSA) is 114 Å². The Bertz CT molecular complexity index is 1730. The molecule has 3 aromatic heterocycles. The van der Waals surface area contributed by atoms with Gasteiger partial charge in [-0.3, -0.25) is 19.3 Å². The maximum atomic E-state index is 14.8. The van der Waals surface area contributed by atoms with Crippen LogP contribution in [0.2, 0.25) is 0 Å². The Morgan fingerprint density at radius 2 is 1.86 bits per heavy atom. The maximum absolute atomic E-state index is 14.8. The van der Waals surface area contributed by atoms with E-state index >= 15 is 0 Å². The molecule has 0 aliphatic heterocycles. The molecule has 0 spiro atoms. The lowest BCUT2D eigenvalue weighted by molar-refractivity contribution is 0.387. The average molecular weight is 487 g/mol. The number of pyridine rings is 1. The van der Waals surface area contributed by atoms with Crippen LogP contribution < -0.4 is 16.5 Å². The van der Waals surface area contributed by atoms with Crippen molar-refractivity contribution in [3.63, 3.8) is 0 Å². The van der Waals surface area contributed by atoms with E-state index in [4.69, 9.17) is 4.42 Å². The highest BCUT2D eigenvalue weighted by Crippen LogP contribution is 2.34. The van der Waals surface area contributed by atoms with Gasteiger partial charge in [-0.25, -0.2) is 9.18 Å². The molecule has 2 N–H and O–H groups in total. The molecule has 0 bridgehead atoms. The minimum atomic E-state index is -0.785. The molecule has 0 radical (unpaired) electrons. The molecule has 3 heterocycles. The number of fused-ring (bicyclic) bond motifs is 1. The molecule has 0 saturated heterocycles. The number of hydrogen-bond acceptors (Lipinski definition) is 7. The fourth-order valence-electron chi connectivity index (χ4n) is 4.38. The molecule has 2 aromatic carbocycles. The number of halogens is 1. The summed E-state index contributed by atoms with van der Waals surface area (Å²) in [5.41, 5.74) is 4.50. The van der Waals surface area contributed by atoms with E-state index in [0.717, 1.165) is 11.1 Å². The first kappa shape index (κ1) is 23.2. The van der Waals surface area contributed by atoms with Crippen molar-refractivity contribution in [3.8, 4) is 22.7 Å². The van der Waals surface area contributed by atoms with E-state index in [2.05, 4.69) is 25.0 Å². The van der Waals surface area contributed by atoms with Crippen LogP contribution in [0.15, 0.2) is 67.3 Å². The normalized spacial score (nSPS) is 12.1. The molecule has 5 rings (SSSR count). The van der Waals surface area contributed by atoms with Gasteiger partial charge in [-0.05, 0) is 63.1 Å². The van der Waals surface area contributed by atoms with Gasteiger partial charge in [0.15, 0.2) is 11.3 Å². The summed E-state index contributed by atoms with van der Waals surface area (Å²) in [5, 5.41) is 7.37. The van der Waals surface area contributed by atoms with Crippen molar-refractivity contribution in [2.45, 2.75) is 33.7 Å². The number of hydrogen-bond donors (Lipinski definition) is 2. The number of H-pyrrole nitrogens is 1. The summed E-state index contributed by atoms with van der Waals surface area (Å²) in [4.78, 5) is 31.5. The summed E-state index contributed by atoms with van der Waals surface area (Å²) in [6.45, 7) is 7.44. The lowest BCUT2D eigenvalue weighted by atomic mass is 9.98. The highest BCUT2D eigenvalue weighted by atomic mass is 19.1. The van der Waals surface area contributed by atoms with Crippen LogP contribution in [0.4, 0.5) is 10.1 Å². The summed E-state index contributed by atoms with van der Waals surface area (Å²) in [6, 6.07) is 9.71. The van der Waals surface area contributed by atoms with E-state index in [0.29, 0.717) is 39.1 Å². The standard InChI is InChI=1S/C27H23FN4O4/c1-13-9-18(16(4)30-21-7-5-6-20(28)22(21)26-31-27(34)36-32-26)25-19(10-13)23(33)15(3)24(35-25)17-8-14(2)11-29-12-17/h5-12,16,30H,1-4H3,(H,31,32,34)/t16-/m1/s1. The number of aromatic nitrogens is 3. The van der Waals surface area contributed by atoms with Crippen molar-refractivity contribution in [1.29, 1.82) is 0 Å². The maximum Gasteiger partial charge on any atom is 0.439 e. The Kier molecular flexibility index (Phi) is 5.75. The van der Waals surface area contributed by atoms with Gasteiger partial charge in [-0.1, -0.05) is 17.3 Å². The van der Waals surface area contributed by atoms with Crippen LogP contribution in [0.1, 0.15) is 35.2 Å². The minimum Gasteiger partial charge on any atom is -0.455 e. The third-order valence-electron chi connectivity index (χ3n) is 6.06. The Morgan fingerprint density at radius 3 is 2.58 bits per heavy atom. The Labute approximate surface area is 204 Å². The summed E-state index contributed by atoms with van der Waals surface area (Å²) in [7, 11) is 0. The molecular weight excluding hydrogens is 463 g/mol. The second kappa shape index (κ2) is 8.92. The Morgan fingerprint density at radius 1 is 1.06 bits per heavy atom. The SMILES string of the molecule is Cc1cncc(-c2oc3c([C@@H](C)Nc4cccc(F)c4-c4noc(=O)[nH]4)cc(C)cc3c(=O)c2C)c1. The summed E-state index contributed by atoms with van der Waals surface area (Å²) < 4.78 is 25.7. The van der Waals surface area contributed by atoms with Crippen molar-refractivity contribution in [3.05, 3.63) is 97.6 Å². The number of benzene rings is 2. The van der Waals surface area contributed by atoms with Crippen LogP contribution in [0.25, 0.3) is 33.7 Å². The number of nitrogens with zero attached hydrogens (tertiary/aromatic N) is 2. The molecule has 1 atom stereocenters. The molecule has 9 heteroatoms. The first-order chi connectivity index (χ1) is 17.2. The van der Waals surface area contributed by atoms with E-state index < -0.39 is 17.6 Å². The van der Waals surface area contributed by atoms with Crippen molar-refractivity contribution >= 4 is 16.7 Å². The van der Waals surface area contributed by atoms with Gasteiger partial charge in [0.1, 0.15) is 17.2 Å². The first-order valence-electron chi connectivity index (χ1n) is 11.3. The summed E-state index contributed by atoms with van der Waals surface area (Å²) in [6.07, 6.45) is 3.40. The zero-order chi connectivity index (χ0) is 25.6. The largest absolute Gasteiger partial charge is 0.455 e. The molecule has 0 fully saturated rings. The van der Waals surface area contributed by atoms with Crippen molar-refractivity contribution in [1.82, 2.24) is 15.1 Å². The zero-order valence-electron chi connectivity index (χ0n) is 20.1. The van der Waals surface area contributed by atoms with Crippen molar-refractivity contribution in [2.24, 2.45) is 0 Å². The highest BCUT2D eigenvalue weighted by Gasteiger charge is 2.21. The van der Waals surface area contributed by atoms with Crippen molar-refractivity contribution in [2.75, 3.05) is 5.32 Å². The molecule has 0 unspecified atom stereocenters. The number of nitrogens with one attached hydrogen (secondary N) is 2. The molecule has 0 aliphatic rings. The van der Waals surface area contributed by atoms with Gasteiger partial charge in [0, 0.05) is 34.8 Å². The van der Waals surface area contributed by atoms with Crippen LogP contribution in [0.5, 0.6) is 0 Å². The monoisotopic (exact) mass is 486 g/mol. The van der Waals surface area contributed by atoms with E-state index in [1.807, 2.05) is 32.9 Å². The van der Waals surface area contributed by atoms with Gasteiger partial charge in [0.05, 0.1) is 17.0 Å². The van der Waals surface area contributed by atoms with Gasteiger partial charge in [0.25, 0.3) is 0 Å². The molecule has 8 nitrogen and oxygen atoms in total. The van der Waals surface area contributed by atoms with E-state index in [9.17, 15) is 14.0 Å². The predicted octanol–water partition coefficient (Wildman–Crippen LogP) is 5.44. The number of anilines is 1. The lowest BCUT2D eigenvalue weighted by Gasteiger charge is -2.20. The smallest absolute Gasteiger partial charge is 0.439 e. The van der Waals surface area contributed by atoms with Crippen LogP contribution >= 0.6 is 0 Å². The molecule has 5 aromatic rings. The summed E-state index contributed by atoms with van der Waals surface area (Å²) >= 11 is 0. The van der Waals surface area contributed by atoms with Gasteiger partial charge in [-0.15, -0.1) is 0 Å². The van der Waals surface area contributed by atoms with Crippen LogP contribution in [-0.4, -0.2) is 15.1 Å². The lowest BCUT2D eigenvalue weighted by Crippen LogP contribution is -2.13. The summed E-state index contributed by atoms with van der Waals surface area (Å²) in [5.74, 6) is -0.944. The second-order valence-electron chi connectivity index (χ2n) is 8.84. The molecule has 182 valence electrons. The number of aryl methyl sites for hydroxylation is 2. The van der Waals surface area contributed by atoms with Gasteiger partial charge in [-0.2, -0.15) is 0 Å². The fraction of sp³-hybridized carbons (Fsp3) is 0.185. The second-order valence-corrected chi connectivity index (χ2v) is 8.84. The van der Waals surface area contributed by atoms with E-state index in [-0.39, 0.29) is 16.8 Å². The molecule has 0 amide bonds. The van der Waals surface area contributed by atoms with Crippen LogP contribution in [0, 0.1) is 26.6 Å². The van der Waals surface area contributed by atoms with E-state index in [1.54, 1.807) is 37.5 Å². The minimum absolute atomic E-state index is 0.0294. The average Bonchev–Trinajstić information content (AvgIpc) is 3.26. The third-order valence-corrected chi connectivity index (χ3v) is 6.06. The molecule has 36 heavy (non-hydrogen) atoms. The fourth-order valence-corrected chi connectivity index (χ4v) is 4.38. The Hall–Kier alpha value is -4.53. The first-order valence-corrected chi connectivity index (χ1v) is 11.3. The highest BCUT2D eigenvalue weighted by molar-refractivity contribution is 5.85.